The number of benzene rings is 1. The van der Waals surface area contributed by atoms with Crippen molar-refractivity contribution in [1.29, 1.82) is 0 Å². The van der Waals surface area contributed by atoms with Gasteiger partial charge in [0.2, 0.25) is 0 Å². The lowest BCUT2D eigenvalue weighted by molar-refractivity contribution is 0.233. The van der Waals surface area contributed by atoms with Gasteiger partial charge in [0.05, 0.1) is 21.8 Å². The molecule has 3 aromatic rings. The molecule has 0 radical (unpaired) electrons. The summed E-state index contributed by atoms with van der Waals surface area (Å²) in [5.74, 6) is -0.360. The zero-order valence-electron chi connectivity index (χ0n) is 18.7. The van der Waals surface area contributed by atoms with Crippen molar-refractivity contribution in [3.8, 4) is 0 Å². The minimum absolute atomic E-state index is 0.360. The molecular formula is C25H28ClFN5P. The highest BCUT2D eigenvalue weighted by Gasteiger charge is 2.14. The Labute approximate surface area is 200 Å². The van der Waals surface area contributed by atoms with Gasteiger partial charge in [-0.1, -0.05) is 30.8 Å². The summed E-state index contributed by atoms with van der Waals surface area (Å²) in [4.78, 5) is 7.13. The quantitative estimate of drug-likeness (QED) is 0.423. The SMILES string of the molecule is C=C/C(=C\c1c(C)ccn1NC(=C)c1cc(F)ccc1Cl)c1cnc(CN2CCNCC2)[pH]1. The molecule has 1 unspecified atom stereocenters. The normalized spacial score (nSPS) is 15.2. The lowest BCUT2D eigenvalue weighted by Gasteiger charge is -2.26. The summed E-state index contributed by atoms with van der Waals surface area (Å²) >= 11 is 6.25. The molecule has 2 N–H and O–H groups in total. The zero-order valence-corrected chi connectivity index (χ0v) is 20.4. The minimum Gasteiger partial charge on any atom is -0.314 e. The fourth-order valence-corrected chi connectivity index (χ4v) is 5.24. The highest BCUT2D eigenvalue weighted by Crippen LogP contribution is 2.31. The number of allylic oxidation sites excluding steroid dienone is 2. The predicted octanol–water partition coefficient (Wildman–Crippen LogP) is 5.36. The van der Waals surface area contributed by atoms with Crippen LogP contribution >= 0.6 is 19.8 Å². The first-order valence-electron chi connectivity index (χ1n) is 10.9. The number of hydrogen-bond donors (Lipinski definition) is 2. The number of aryl methyl sites for hydroxylation is 1. The Hall–Kier alpha value is -2.63. The van der Waals surface area contributed by atoms with Crippen LogP contribution in [-0.2, 0) is 6.54 Å². The van der Waals surface area contributed by atoms with Crippen LogP contribution in [0.2, 0.25) is 5.02 Å². The van der Waals surface area contributed by atoms with E-state index in [1.54, 1.807) is 0 Å². The number of hydrogen-bond acceptors (Lipinski definition) is 4. The van der Waals surface area contributed by atoms with Gasteiger partial charge < -0.3 is 5.32 Å². The summed E-state index contributed by atoms with van der Waals surface area (Å²) in [5, 5.41) is 5.00. The van der Waals surface area contributed by atoms with Crippen molar-refractivity contribution < 1.29 is 4.39 Å². The molecule has 172 valence electrons. The van der Waals surface area contributed by atoms with Crippen molar-refractivity contribution in [1.82, 2.24) is 19.9 Å². The van der Waals surface area contributed by atoms with Gasteiger partial charge in [0.25, 0.3) is 0 Å². The first kappa shape index (κ1) is 23.5. The molecule has 1 aliphatic rings. The Bertz CT molecular complexity index is 1190. The van der Waals surface area contributed by atoms with Crippen LogP contribution < -0.4 is 10.7 Å². The average Bonchev–Trinajstić information content (AvgIpc) is 3.41. The molecule has 33 heavy (non-hydrogen) atoms. The second-order valence-electron chi connectivity index (χ2n) is 8.04. The molecule has 0 bridgehead atoms. The number of nitrogens with one attached hydrogen (secondary N) is 2. The molecule has 5 nitrogen and oxygen atoms in total. The van der Waals surface area contributed by atoms with Gasteiger partial charge in [-0.25, -0.2) is 4.39 Å². The Kier molecular flexibility index (Phi) is 7.51. The van der Waals surface area contributed by atoms with Gasteiger partial charge in [-0.05, 0) is 48.4 Å². The summed E-state index contributed by atoms with van der Waals surface area (Å²) in [7, 11) is 0.531. The number of aromatic nitrogens is 2. The molecule has 3 heterocycles. The number of rotatable bonds is 8. The van der Waals surface area contributed by atoms with E-state index in [2.05, 4.69) is 39.9 Å². The lowest BCUT2D eigenvalue weighted by atomic mass is 10.1. The Balaban J connectivity index is 1.55. The molecule has 4 rings (SSSR count). The van der Waals surface area contributed by atoms with E-state index in [1.807, 2.05) is 36.1 Å². The first-order valence-corrected chi connectivity index (χ1v) is 12.2. The summed E-state index contributed by atoms with van der Waals surface area (Å²) in [5.41, 5.74) is 8.55. The van der Waals surface area contributed by atoms with Gasteiger partial charge >= 0.3 is 0 Å². The Morgan fingerprint density at radius 1 is 1.33 bits per heavy atom. The predicted molar refractivity (Wildman–Crippen MR) is 139 cm³/mol. The highest BCUT2D eigenvalue weighted by molar-refractivity contribution is 7.32. The molecule has 1 fully saturated rings. The third-order valence-corrected chi connectivity index (χ3v) is 7.27. The fourth-order valence-electron chi connectivity index (χ4n) is 3.82. The second kappa shape index (κ2) is 10.5. The summed E-state index contributed by atoms with van der Waals surface area (Å²) in [6, 6.07) is 6.25. The van der Waals surface area contributed by atoms with E-state index >= 15 is 0 Å². The summed E-state index contributed by atoms with van der Waals surface area (Å²) in [6.45, 7) is 15.2. The topological polar surface area (TPSA) is 45.1 Å². The van der Waals surface area contributed by atoms with Gasteiger partial charge in [0.15, 0.2) is 0 Å². The maximum atomic E-state index is 13.7. The zero-order chi connectivity index (χ0) is 23.4. The maximum absolute atomic E-state index is 13.7. The van der Waals surface area contributed by atoms with Gasteiger partial charge in [-0.3, -0.25) is 20.0 Å². The van der Waals surface area contributed by atoms with Gasteiger partial charge in [-0.2, -0.15) is 0 Å². The van der Waals surface area contributed by atoms with Crippen molar-refractivity contribution in [2.45, 2.75) is 13.5 Å². The monoisotopic (exact) mass is 483 g/mol. The first-order chi connectivity index (χ1) is 15.9. The summed E-state index contributed by atoms with van der Waals surface area (Å²) in [6.07, 6.45) is 7.85. The molecule has 1 aliphatic heterocycles. The number of halogens is 2. The van der Waals surface area contributed by atoms with Crippen molar-refractivity contribution in [3.05, 3.63) is 94.3 Å². The molecule has 0 saturated carbocycles. The fraction of sp³-hybridized carbons (Fsp3) is 0.240. The molecule has 2 aromatic heterocycles. The third kappa shape index (κ3) is 5.66. The third-order valence-electron chi connectivity index (χ3n) is 5.68. The molecule has 0 spiro atoms. The molecular weight excluding hydrogens is 456 g/mol. The molecule has 1 atom stereocenters. The minimum atomic E-state index is -0.360. The largest absolute Gasteiger partial charge is 0.314 e. The van der Waals surface area contributed by atoms with Crippen LogP contribution in [0, 0.1) is 12.7 Å². The molecule has 0 amide bonds. The van der Waals surface area contributed by atoms with Crippen molar-refractivity contribution in [2.75, 3.05) is 31.6 Å². The van der Waals surface area contributed by atoms with Crippen LogP contribution in [0.25, 0.3) is 17.3 Å². The van der Waals surface area contributed by atoms with Crippen LogP contribution in [0.4, 0.5) is 4.39 Å². The van der Waals surface area contributed by atoms with Crippen LogP contribution in [0.3, 0.4) is 0 Å². The number of piperazine rings is 1. The maximum Gasteiger partial charge on any atom is 0.123 e. The summed E-state index contributed by atoms with van der Waals surface area (Å²) < 4.78 is 15.6. The highest BCUT2D eigenvalue weighted by atomic mass is 35.5. The average molecular weight is 484 g/mol. The van der Waals surface area contributed by atoms with Crippen molar-refractivity contribution in [2.24, 2.45) is 0 Å². The van der Waals surface area contributed by atoms with Crippen molar-refractivity contribution in [3.63, 3.8) is 0 Å². The van der Waals surface area contributed by atoms with Crippen LogP contribution in [0.1, 0.15) is 27.5 Å². The van der Waals surface area contributed by atoms with Gasteiger partial charge in [0, 0.05) is 56.0 Å². The molecule has 1 aromatic carbocycles. The molecule has 0 aliphatic carbocycles. The van der Waals surface area contributed by atoms with E-state index in [-0.39, 0.29) is 5.82 Å². The Morgan fingerprint density at radius 3 is 2.88 bits per heavy atom. The number of nitrogens with zero attached hydrogens (tertiary/aromatic N) is 3. The van der Waals surface area contributed by atoms with Crippen LogP contribution in [0.5, 0.6) is 0 Å². The van der Waals surface area contributed by atoms with E-state index in [9.17, 15) is 4.39 Å². The lowest BCUT2D eigenvalue weighted by Crippen LogP contribution is -2.42. The van der Waals surface area contributed by atoms with E-state index in [1.165, 1.54) is 28.9 Å². The van der Waals surface area contributed by atoms with E-state index in [0.29, 0.717) is 24.5 Å². The second-order valence-corrected chi connectivity index (χ2v) is 9.82. The van der Waals surface area contributed by atoms with Gasteiger partial charge in [0.1, 0.15) is 5.82 Å². The van der Waals surface area contributed by atoms with E-state index in [0.717, 1.165) is 49.6 Å². The van der Waals surface area contributed by atoms with E-state index < -0.39 is 0 Å². The van der Waals surface area contributed by atoms with Crippen LogP contribution in [-0.4, -0.2) is 40.7 Å². The smallest absolute Gasteiger partial charge is 0.123 e. The van der Waals surface area contributed by atoms with E-state index in [4.69, 9.17) is 11.6 Å². The van der Waals surface area contributed by atoms with Crippen molar-refractivity contribution >= 4 is 37.1 Å². The van der Waals surface area contributed by atoms with Gasteiger partial charge in [-0.15, -0.1) is 8.19 Å². The standard InChI is InChI=1S/C25H28ClFN5P/c1-4-19(24-15-29-25(33-24)16-31-11-8-28-9-12-31)13-23-17(2)7-10-32(23)30-18(3)21-14-20(27)5-6-22(21)26/h4-7,10,13-15,28,30,33H,1,3,8-9,11-12,16H2,2H3/b19-13+. The molecule has 1 saturated heterocycles. The Morgan fingerprint density at radius 2 is 2.12 bits per heavy atom. The molecule has 8 heteroatoms. The van der Waals surface area contributed by atoms with Crippen LogP contribution in [0.15, 0.2) is 55.9 Å².